The highest BCUT2D eigenvalue weighted by Gasteiger charge is 2.65. The second-order valence-corrected chi connectivity index (χ2v) is 9.10. The maximum Gasteiger partial charge on any atom is 0.324 e. The molecule has 0 spiro atoms. The van der Waals surface area contributed by atoms with Gasteiger partial charge in [-0.3, -0.25) is 14.4 Å². The second kappa shape index (κ2) is 7.96. The van der Waals surface area contributed by atoms with Gasteiger partial charge in [-0.15, -0.1) is 0 Å². The summed E-state index contributed by atoms with van der Waals surface area (Å²) in [6.07, 6.45) is -1.90. The van der Waals surface area contributed by atoms with E-state index in [9.17, 15) is 27.4 Å². The van der Waals surface area contributed by atoms with Crippen molar-refractivity contribution >= 4 is 28.0 Å². The van der Waals surface area contributed by atoms with Crippen LogP contribution in [0.15, 0.2) is 0 Å². The average molecular weight is 419 g/mol. The summed E-state index contributed by atoms with van der Waals surface area (Å²) >= 11 is 0. The molecule has 7 atom stereocenters. The van der Waals surface area contributed by atoms with E-state index in [1.54, 1.807) is 0 Å². The fourth-order valence-corrected chi connectivity index (χ4v) is 4.55. The molecule has 3 rings (SSSR count). The van der Waals surface area contributed by atoms with Crippen LogP contribution in [0, 0.1) is 11.8 Å². The molecule has 3 aliphatic heterocycles. The molecule has 158 valence electrons. The minimum absolute atomic E-state index is 0.0625. The van der Waals surface area contributed by atoms with Gasteiger partial charge in [0.1, 0.15) is 16.2 Å². The fraction of sp³-hybridized carbons (Fsp3) is 0.824. The van der Waals surface area contributed by atoms with Crippen LogP contribution in [0.5, 0.6) is 0 Å². The first-order chi connectivity index (χ1) is 13.1. The average Bonchev–Trinajstić information content (AvgIpc) is 3.22. The summed E-state index contributed by atoms with van der Waals surface area (Å²) in [5.41, 5.74) is 0. The number of carbonyl (C=O) groups excluding carboxylic acids is 3. The first-order valence-electron chi connectivity index (χ1n) is 9.28. The highest BCUT2D eigenvalue weighted by molar-refractivity contribution is 7.87. The molecular formula is C17H23O10S-. The van der Waals surface area contributed by atoms with E-state index >= 15 is 0 Å². The number of ether oxygens (including phenoxy) is 4. The number of esters is 3. The molecule has 3 aliphatic rings. The minimum atomic E-state index is -5.16. The third-order valence-corrected chi connectivity index (χ3v) is 6.37. The molecule has 3 saturated heterocycles. The summed E-state index contributed by atoms with van der Waals surface area (Å²) in [5.74, 6) is -3.13. The van der Waals surface area contributed by atoms with Gasteiger partial charge in [-0.25, -0.2) is 8.42 Å². The molecule has 28 heavy (non-hydrogen) atoms. The molecule has 7 unspecified atom stereocenters. The van der Waals surface area contributed by atoms with Crippen molar-refractivity contribution in [3.8, 4) is 0 Å². The van der Waals surface area contributed by atoms with Crippen LogP contribution in [0.25, 0.3) is 0 Å². The Balaban J connectivity index is 1.60. The van der Waals surface area contributed by atoms with Gasteiger partial charge in [0.2, 0.25) is 0 Å². The molecule has 10 nitrogen and oxygen atoms in total. The molecule has 3 heterocycles. The molecule has 3 fully saturated rings. The molecule has 0 aliphatic carbocycles. The first kappa shape index (κ1) is 21.0. The standard InChI is InChI=1S/C17H24O10S/c1-3-4-8(2)7-24-12(18)6-11(28(21,22)23)17(20)26-14-10-5-9-13(25-10)15(14)27-16(9)19/h8-11,13-15H,3-7H2,1-2H3,(H,21,22,23)/p-1. The summed E-state index contributed by atoms with van der Waals surface area (Å²) in [7, 11) is -5.16. The zero-order chi connectivity index (χ0) is 20.6. The van der Waals surface area contributed by atoms with Crippen molar-refractivity contribution in [2.75, 3.05) is 6.61 Å². The zero-order valence-corrected chi connectivity index (χ0v) is 16.4. The van der Waals surface area contributed by atoms with Crippen molar-refractivity contribution in [1.29, 1.82) is 0 Å². The quantitative estimate of drug-likeness (QED) is 0.282. The van der Waals surface area contributed by atoms with Gasteiger partial charge >= 0.3 is 17.9 Å². The Labute approximate surface area is 162 Å². The Kier molecular flexibility index (Phi) is 5.97. The van der Waals surface area contributed by atoms with Gasteiger partial charge < -0.3 is 23.5 Å². The van der Waals surface area contributed by atoms with E-state index < -0.39 is 70.0 Å². The fourth-order valence-electron chi connectivity index (χ4n) is 3.92. The molecule has 0 saturated carbocycles. The number of fused-ring (bicyclic) bond motifs is 1. The van der Waals surface area contributed by atoms with Gasteiger partial charge in [-0.1, -0.05) is 20.3 Å². The predicted molar refractivity (Wildman–Crippen MR) is 89.7 cm³/mol. The molecular weight excluding hydrogens is 396 g/mol. The lowest BCUT2D eigenvalue weighted by Gasteiger charge is -2.25. The Morgan fingerprint density at radius 1 is 1.32 bits per heavy atom. The Morgan fingerprint density at radius 2 is 2.04 bits per heavy atom. The molecule has 0 amide bonds. The van der Waals surface area contributed by atoms with E-state index in [0.717, 1.165) is 12.8 Å². The van der Waals surface area contributed by atoms with Crippen LogP contribution in [0.3, 0.4) is 0 Å². The van der Waals surface area contributed by atoms with Crippen LogP contribution in [-0.2, 0) is 43.4 Å². The van der Waals surface area contributed by atoms with Gasteiger partial charge in [-0.05, 0) is 18.8 Å². The molecule has 0 N–H and O–H groups in total. The van der Waals surface area contributed by atoms with E-state index in [4.69, 9.17) is 18.9 Å². The van der Waals surface area contributed by atoms with Crippen molar-refractivity contribution in [2.45, 2.75) is 69.2 Å². The van der Waals surface area contributed by atoms with Crippen LogP contribution in [0.2, 0.25) is 0 Å². The highest BCUT2D eigenvalue weighted by Crippen LogP contribution is 2.47. The van der Waals surface area contributed by atoms with Crippen molar-refractivity contribution < 1.29 is 46.3 Å². The Hall–Kier alpha value is -1.72. The van der Waals surface area contributed by atoms with E-state index in [0.29, 0.717) is 6.42 Å². The third kappa shape index (κ3) is 4.15. The highest BCUT2D eigenvalue weighted by atomic mass is 32.2. The summed E-state index contributed by atoms with van der Waals surface area (Å²) < 4.78 is 55.3. The van der Waals surface area contributed by atoms with Crippen LogP contribution in [-0.4, -0.2) is 67.2 Å². The maximum absolute atomic E-state index is 12.3. The zero-order valence-electron chi connectivity index (χ0n) is 15.6. The minimum Gasteiger partial charge on any atom is -0.747 e. The summed E-state index contributed by atoms with van der Waals surface area (Å²) in [5, 5.41) is -2.23. The molecule has 0 aromatic carbocycles. The van der Waals surface area contributed by atoms with E-state index in [2.05, 4.69) is 0 Å². The smallest absolute Gasteiger partial charge is 0.324 e. The normalized spacial score (nSPS) is 32.7. The maximum atomic E-state index is 12.3. The Bertz CT molecular complexity index is 747. The molecule has 11 heteroatoms. The Morgan fingerprint density at radius 3 is 2.68 bits per heavy atom. The molecule has 0 radical (unpaired) electrons. The van der Waals surface area contributed by atoms with Crippen molar-refractivity contribution in [2.24, 2.45) is 11.8 Å². The van der Waals surface area contributed by atoms with Crippen LogP contribution >= 0.6 is 0 Å². The number of carbonyl (C=O) groups is 3. The lowest BCUT2D eigenvalue weighted by atomic mass is 9.88. The van der Waals surface area contributed by atoms with Crippen LogP contribution < -0.4 is 0 Å². The van der Waals surface area contributed by atoms with Gasteiger partial charge in [-0.2, -0.15) is 0 Å². The van der Waals surface area contributed by atoms with E-state index in [-0.39, 0.29) is 12.5 Å². The third-order valence-electron chi connectivity index (χ3n) is 5.31. The molecule has 0 aromatic heterocycles. The number of hydrogen-bond donors (Lipinski definition) is 0. The van der Waals surface area contributed by atoms with Crippen molar-refractivity contribution in [3.63, 3.8) is 0 Å². The summed E-state index contributed by atoms with van der Waals surface area (Å²) in [6, 6.07) is 0. The lowest BCUT2D eigenvalue weighted by Crippen LogP contribution is -2.44. The van der Waals surface area contributed by atoms with Gasteiger partial charge in [0.05, 0.1) is 25.0 Å². The number of hydrogen-bond acceptors (Lipinski definition) is 10. The van der Waals surface area contributed by atoms with Gasteiger partial charge in [0.15, 0.2) is 17.5 Å². The lowest BCUT2D eigenvalue weighted by molar-refractivity contribution is -0.161. The first-order valence-corrected chi connectivity index (χ1v) is 10.8. The van der Waals surface area contributed by atoms with Crippen molar-refractivity contribution in [1.82, 2.24) is 0 Å². The van der Waals surface area contributed by atoms with Gasteiger partial charge in [0, 0.05) is 0 Å². The molecule has 2 bridgehead atoms. The van der Waals surface area contributed by atoms with Crippen LogP contribution in [0.4, 0.5) is 0 Å². The largest absolute Gasteiger partial charge is 0.747 e. The SMILES string of the molecule is CCCC(C)COC(=O)CC(C(=O)OC1C2CC3C(=O)OC1C3O2)S(=O)(=O)[O-]. The summed E-state index contributed by atoms with van der Waals surface area (Å²) in [6.45, 7) is 3.89. The second-order valence-electron chi connectivity index (χ2n) is 7.55. The van der Waals surface area contributed by atoms with E-state index in [1.165, 1.54) is 0 Å². The van der Waals surface area contributed by atoms with Gasteiger partial charge in [0.25, 0.3) is 0 Å². The monoisotopic (exact) mass is 419 g/mol. The summed E-state index contributed by atoms with van der Waals surface area (Å²) in [4.78, 5) is 36.0. The van der Waals surface area contributed by atoms with E-state index in [1.807, 2.05) is 13.8 Å². The number of rotatable bonds is 9. The topological polar surface area (TPSA) is 145 Å². The predicted octanol–water partition coefficient (Wildman–Crippen LogP) is -0.106. The van der Waals surface area contributed by atoms with Crippen molar-refractivity contribution in [3.05, 3.63) is 0 Å². The van der Waals surface area contributed by atoms with Crippen LogP contribution in [0.1, 0.15) is 39.5 Å². The molecule has 0 aromatic rings.